The third kappa shape index (κ3) is 8.18. The largest absolute Gasteiger partial charge is 0.376 e. The molecule has 0 unspecified atom stereocenters. The Morgan fingerprint density at radius 1 is 0.758 bits per heavy atom. The van der Waals surface area contributed by atoms with E-state index in [0.717, 1.165) is 16.7 Å². The molecule has 0 radical (unpaired) electrons. The number of rotatable bonds is 14. The second-order valence-corrected chi connectivity index (χ2v) is 7.43. The fourth-order valence-electron chi connectivity index (χ4n) is 3.30. The van der Waals surface area contributed by atoms with Crippen molar-refractivity contribution in [3.8, 4) is 0 Å². The molecular formula is C26H27N3O4. The highest BCUT2D eigenvalue weighted by molar-refractivity contribution is 5.57. The van der Waals surface area contributed by atoms with Crippen molar-refractivity contribution in [2.24, 2.45) is 5.11 Å². The van der Waals surface area contributed by atoms with Crippen LogP contribution < -0.4 is 0 Å². The first-order valence-corrected chi connectivity index (χ1v) is 10.7. The molecule has 0 saturated carbocycles. The lowest BCUT2D eigenvalue weighted by molar-refractivity contribution is -0.137. The summed E-state index contributed by atoms with van der Waals surface area (Å²) >= 11 is 0. The Labute approximate surface area is 193 Å². The van der Waals surface area contributed by atoms with Crippen molar-refractivity contribution in [1.29, 1.82) is 0 Å². The lowest BCUT2D eigenvalue weighted by Crippen LogP contribution is -2.43. The van der Waals surface area contributed by atoms with Gasteiger partial charge in [-0.15, -0.1) is 0 Å². The lowest BCUT2D eigenvalue weighted by atomic mass is 10.1. The highest BCUT2D eigenvalue weighted by Crippen LogP contribution is 2.17. The van der Waals surface area contributed by atoms with Crippen LogP contribution in [-0.2, 0) is 38.8 Å². The van der Waals surface area contributed by atoms with E-state index in [9.17, 15) is 4.79 Å². The van der Waals surface area contributed by atoms with Crippen LogP contribution in [0.3, 0.4) is 0 Å². The van der Waals surface area contributed by atoms with E-state index in [0.29, 0.717) is 12.9 Å². The van der Waals surface area contributed by atoms with E-state index in [-0.39, 0.29) is 19.8 Å². The summed E-state index contributed by atoms with van der Waals surface area (Å²) in [5.41, 5.74) is 12.0. The van der Waals surface area contributed by atoms with Crippen molar-refractivity contribution < 1.29 is 19.0 Å². The van der Waals surface area contributed by atoms with Gasteiger partial charge in [0.2, 0.25) is 0 Å². The van der Waals surface area contributed by atoms with E-state index >= 15 is 0 Å². The second-order valence-electron chi connectivity index (χ2n) is 7.43. The third-order valence-corrected chi connectivity index (χ3v) is 5.01. The third-order valence-electron chi connectivity index (χ3n) is 5.01. The minimum absolute atomic E-state index is 0.0808. The summed E-state index contributed by atoms with van der Waals surface area (Å²) in [5, 5.41) is 3.88. The molecule has 0 bridgehead atoms. The second kappa shape index (κ2) is 13.8. The van der Waals surface area contributed by atoms with Gasteiger partial charge in [0.15, 0.2) is 6.29 Å². The van der Waals surface area contributed by atoms with Gasteiger partial charge in [0.1, 0.15) is 12.2 Å². The molecule has 0 N–H and O–H groups in total. The summed E-state index contributed by atoms with van der Waals surface area (Å²) < 4.78 is 17.8. The Hall–Kier alpha value is -3.48. The standard InChI is InChI=1S/C26H27N3O4/c27-29-28-24(20-31-17-21-10-4-1-5-11-21)26(33-19-23-14-8-3-9-15-23)25(16-30)32-18-22-12-6-2-7-13-22/h1-16,24-26H,17-20H2/t24-,25-,26-/m0/s1. The quantitative estimate of drug-likeness (QED) is 0.147. The fourth-order valence-corrected chi connectivity index (χ4v) is 3.30. The molecule has 0 saturated heterocycles. The van der Waals surface area contributed by atoms with Crippen molar-refractivity contribution in [3.63, 3.8) is 0 Å². The number of nitrogens with zero attached hydrogens (tertiary/aromatic N) is 3. The number of hydrogen-bond acceptors (Lipinski definition) is 5. The van der Waals surface area contributed by atoms with E-state index in [1.165, 1.54) is 0 Å². The zero-order valence-electron chi connectivity index (χ0n) is 18.3. The van der Waals surface area contributed by atoms with Crippen LogP contribution in [-0.4, -0.2) is 31.1 Å². The van der Waals surface area contributed by atoms with E-state index in [2.05, 4.69) is 10.0 Å². The van der Waals surface area contributed by atoms with Crippen LogP contribution >= 0.6 is 0 Å². The number of hydrogen-bond donors (Lipinski definition) is 0. The normalized spacial score (nSPS) is 13.5. The first kappa shape index (κ1) is 24.2. The van der Waals surface area contributed by atoms with Gasteiger partial charge < -0.3 is 19.0 Å². The number of benzene rings is 3. The molecule has 3 aromatic carbocycles. The van der Waals surface area contributed by atoms with Gasteiger partial charge in [-0.1, -0.05) is 96.1 Å². The monoisotopic (exact) mass is 445 g/mol. The molecule has 0 aliphatic rings. The van der Waals surface area contributed by atoms with Crippen molar-refractivity contribution in [2.45, 2.75) is 38.1 Å². The molecule has 3 aromatic rings. The SMILES string of the molecule is [N-]=[N+]=N[C@@H](COCc1ccccc1)[C@H](OCc1ccccc1)[C@H](C=O)OCc1ccccc1. The first-order chi connectivity index (χ1) is 16.3. The zero-order valence-corrected chi connectivity index (χ0v) is 18.3. The number of carbonyl (C=O) groups excluding carboxylic acids is 1. The van der Waals surface area contributed by atoms with Crippen molar-refractivity contribution in [2.75, 3.05) is 6.61 Å². The smallest absolute Gasteiger partial charge is 0.151 e. The number of azide groups is 1. The van der Waals surface area contributed by atoms with Crippen LogP contribution in [0.5, 0.6) is 0 Å². The molecule has 0 amide bonds. The summed E-state index contributed by atoms with van der Waals surface area (Å²) in [4.78, 5) is 15.0. The number of carbonyl (C=O) groups is 1. The van der Waals surface area contributed by atoms with Crippen molar-refractivity contribution >= 4 is 6.29 Å². The van der Waals surface area contributed by atoms with Gasteiger partial charge in [-0.2, -0.15) is 0 Å². The van der Waals surface area contributed by atoms with E-state index in [1.54, 1.807) is 0 Å². The first-order valence-electron chi connectivity index (χ1n) is 10.7. The van der Waals surface area contributed by atoms with Gasteiger partial charge >= 0.3 is 0 Å². The molecule has 33 heavy (non-hydrogen) atoms. The maximum absolute atomic E-state index is 12.0. The molecule has 170 valence electrons. The Morgan fingerprint density at radius 3 is 1.73 bits per heavy atom. The molecule has 0 aromatic heterocycles. The average Bonchev–Trinajstić information content (AvgIpc) is 2.87. The average molecular weight is 446 g/mol. The van der Waals surface area contributed by atoms with E-state index < -0.39 is 18.2 Å². The Kier molecular flexibility index (Phi) is 10.1. The molecule has 3 atom stereocenters. The summed E-state index contributed by atoms with van der Waals surface area (Å²) in [5.74, 6) is 0. The topological polar surface area (TPSA) is 93.5 Å². The molecule has 7 nitrogen and oxygen atoms in total. The highest BCUT2D eigenvalue weighted by atomic mass is 16.5. The fraction of sp³-hybridized carbons (Fsp3) is 0.269. The Bertz CT molecular complexity index is 996. The molecule has 0 spiro atoms. The number of aldehydes is 1. The summed E-state index contributed by atoms with van der Waals surface area (Å²) in [6, 6.07) is 28.0. The molecule has 7 heteroatoms. The van der Waals surface area contributed by atoms with Crippen LogP contribution in [0.25, 0.3) is 10.4 Å². The van der Waals surface area contributed by atoms with E-state index in [4.69, 9.17) is 19.7 Å². The molecule has 3 rings (SSSR count). The minimum Gasteiger partial charge on any atom is -0.376 e. The number of ether oxygens (including phenoxy) is 3. The van der Waals surface area contributed by atoms with Crippen LogP contribution in [0.2, 0.25) is 0 Å². The van der Waals surface area contributed by atoms with Crippen molar-refractivity contribution in [1.82, 2.24) is 0 Å². The zero-order chi connectivity index (χ0) is 23.1. The predicted octanol–water partition coefficient (Wildman–Crippen LogP) is 5.25. The maximum atomic E-state index is 12.0. The van der Waals surface area contributed by atoms with Crippen LogP contribution in [0.1, 0.15) is 16.7 Å². The Morgan fingerprint density at radius 2 is 1.24 bits per heavy atom. The molecule has 0 aliphatic heterocycles. The highest BCUT2D eigenvalue weighted by Gasteiger charge is 2.31. The predicted molar refractivity (Wildman–Crippen MR) is 125 cm³/mol. The summed E-state index contributed by atoms with van der Waals surface area (Å²) in [7, 11) is 0. The van der Waals surface area contributed by atoms with Gasteiger partial charge in [0, 0.05) is 4.91 Å². The molecule has 0 aliphatic carbocycles. The van der Waals surface area contributed by atoms with Gasteiger partial charge in [0.25, 0.3) is 0 Å². The van der Waals surface area contributed by atoms with Crippen LogP contribution in [0.4, 0.5) is 0 Å². The van der Waals surface area contributed by atoms with Gasteiger partial charge in [0.05, 0.1) is 32.5 Å². The van der Waals surface area contributed by atoms with Gasteiger partial charge in [-0.05, 0) is 22.2 Å². The van der Waals surface area contributed by atoms with Crippen molar-refractivity contribution in [3.05, 3.63) is 118 Å². The molecule has 0 fully saturated rings. The molecular weight excluding hydrogens is 418 g/mol. The summed E-state index contributed by atoms with van der Waals surface area (Å²) in [6.45, 7) is 0.891. The Balaban J connectivity index is 1.72. The van der Waals surface area contributed by atoms with Gasteiger partial charge in [-0.25, -0.2) is 0 Å². The van der Waals surface area contributed by atoms with Crippen LogP contribution in [0, 0.1) is 0 Å². The van der Waals surface area contributed by atoms with Gasteiger partial charge in [-0.3, -0.25) is 0 Å². The lowest BCUT2D eigenvalue weighted by Gasteiger charge is -2.28. The maximum Gasteiger partial charge on any atom is 0.151 e. The van der Waals surface area contributed by atoms with Crippen LogP contribution in [0.15, 0.2) is 96.1 Å². The minimum atomic E-state index is -0.940. The van der Waals surface area contributed by atoms with E-state index in [1.807, 2.05) is 91.0 Å². The summed E-state index contributed by atoms with van der Waals surface area (Å²) in [6.07, 6.45) is -1.07. The molecule has 0 heterocycles.